The number of aromatic amines is 1. The smallest absolute Gasteiger partial charge is 0.285 e. The molecule has 2 amide bonds. The van der Waals surface area contributed by atoms with Crippen molar-refractivity contribution in [2.24, 2.45) is 11.8 Å². The number of fused-ring (bicyclic) bond motifs is 1. The normalized spacial score (nSPS) is 22.1. The van der Waals surface area contributed by atoms with Crippen LogP contribution in [0.3, 0.4) is 0 Å². The van der Waals surface area contributed by atoms with Gasteiger partial charge in [-0.3, -0.25) is 14.6 Å². The number of ether oxygens (including phenoxy) is 1. The Morgan fingerprint density at radius 1 is 1.00 bits per heavy atom. The van der Waals surface area contributed by atoms with Crippen molar-refractivity contribution in [2.75, 3.05) is 59.5 Å². The molecule has 0 radical (unpaired) electrons. The average Bonchev–Trinajstić information content (AvgIpc) is 3.33. The van der Waals surface area contributed by atoms with Crippen LogP contribution in [-0.2, 0) is 9.53 Å². The predicted molar refractivity (Wildman–Crippen MR) is 141 cm³/mol. The quantitative estimate of drug-likeness (QED) is 0.660. The number of likely N-dealkylation sites (tertiary alicyclic amines) is 2. The highest BCUT2D eigenvalue weighted by molar-refractivity contribution is 6.31. The summed E-state index contributed by atoms with van der Waals surface area (Å²) in [4.78, 5) is 35.1. The van der Waals surface area contributed by atoms with Crippen LogP contribution in [0.5, 0.6) is 0 Å². The van der Waals surface area contributed by atoms with Gasteiger partial charge in [-0.1, -0.05) is 11.6 Å². The maximum Gasteiger partial charge on any atom is 0.285 e. The summed E-state index contributed by atoms with van der Waals surface area (Å²) in [5, 5.41) is 5.12. The molecule has 1 aromatic heterocycles. The average molecular weight is 516 g/mol. The fourth-order valence-corrected chi connectivity index (χ4v) is 6.30. The number of hydrazine groups is 1. The minimum Gasteiger partial charge on any atom is -0.379 e. The molecule has 196 valence electrons. The maximum atomic E-state index is 13.8. The number of H-pyrrole nitrogens is 1. The maximum absolute atomic E-state index is 13.8. The van der Waals surface area contributed by atoms with Crippen LogP contribution in [0.15, 0.2) is 24.3 Å². The minimum absolute atomic E-state index is 0.0239. The topological polar surface area (TPSA) is 72.1 Å². The van der Waals surface area contributed by atoms with E-state index in [4.69, 9.17) is 16.3 Å². The van der Waals surface area contributed by atoms with Crippen molar-refractivity contribution < 1.29 is 14.3 Å². The molecule has 3 saturated heterocycles. The van der Waals surface area contributed by atoms with Crippen molar-refractivity contribution in [1.82, 2.24) is 24.8 Å². The highest BCUT2D eigenvalue weighted by Crippen LogP contribution is 2.32. The molecule has 1 N–H and O–H groups in total. The first-order valence-electron chi connectivity index (χ1n) is 13.3. The van der Waals surface area contributed by atoms with E-state index in [1.807, 2.05) is 35.0 Å². The summed E-state index contributed by atoms with van der Waals surface area (Å²) in [6, 6.07) is 6.74. The molecule has 5 rings (SSSR count). The third kappa shape index (κ3) is 5.42. The molecular formula is C27H38ClN5O3. The number of halogens is 1. The largest absolute Gasteiger partial charge is 0.379 e. The van der Waals surface area contributed by atoms with Crippen molar-refractivity contribution >= 4 is 34.3 Å². The zero-order valence-corrected chi connectivity index (χ0v) is 22.2. The third-order valence-electron chi connectivity index (χ3n) is 8.32. The number of amides is 2. The van der Waals surface area contributed by atoms with E-state index >= 15 is 0 Å². The lowest BCUT2D eigenvalue weighted by atomic mass is 9.79. The second kappa shape index (κ2) is 11.1. The SMILES string of the molecule is C[C@H](C(=O)N1CCC(C2CCN(C)CC2)CC1)N(C(=O)c1cc2cc(Cl)ccc2[nH]1)N1CCOCC1. The zero-order valence-electron chi connectivity index (χ0n) is 21.4. The molecule has 0 spiro atoms. The van der Waals surface area contributed by atoms with Crippen LogP contribution >= 0.6 is 11.6 Å². The zero-order chi connectivity index (χ0) is 25.2. The van der Waals surface area contributed by atoms with E-state index in [-0.39, 0.29) is 11.8 Å². The first-order valence-corrected chi connectivity index (χ1v) is 13.7. The summed E-state index contributed by atoms with van der Waals surface area (Å²) in [6.45, 7) is 7.99. The van der Waals surface area contributed by atoms with E-state index in [2.05, 4.69) is 16.9 Å². The van der Waals surface area contributed by atoms with Crippen molar-refractivity contribution in [1.29, 1.82) is 0 Å². The molecule has 9 heteroatoms. The van der Waals surface area contributed by atoms with Gasteiger partial charge in [-0.15, -0.1) is 0 Å². The molecule has 3 aliphatic heterocycles. The molecule has 4 heterocycles. The van der Waals surface area contributed by atoms with Crippen LogP contribution in [0.25, 0.3) is 10.9 Å². The van der Waals surface area contributed by atoms with Crippen LogP contribution in [-0.4, -0.2) is 102 Å². The van der Waals surface area contributed by atoms with E-state index < -0.39 is 6.04 Å². The van der Waals surface area contributed by atoms with Gasteiger partial charge >= 0.3 is 0 Å². The molecule has 0 bridgehead atoms. The second-order valence-corrected chi connectivity index (χ2v) is 11.0. The van der Waals surface area contributed by atoms with Crippen LogP contribution < -0.4 is 0 Å². The van der Waals surface area contributed by atoms with Crippen molar-refractivity contribution in [3.8, 4) is 0 Å². The van der Waals surface area contributed by atoms with Gasteiger partial charge in [0.25, 0.3) is 5.91 Å². The number of morpholine rings is 1. The highest BCUT2D eigenvalue weighted by Gasteiger charge is 2.37. The van der Waals surface area contributed by atoms with E-state index in [9.17, 15) is 9.59 Å². The third-order valence-corrected chi connectivity index (χ3v) is 8.55. The number of nitrogens with zero attached hydrogens (tertiary/aromatic N) is 4. The summed E-state index contributed by atoms with van der Waals surface area (Å²) >= 11 is 6.15. The van der Waals surface area contributed by atoms with Gasteiger partial charge in [-0.05, 0) is 88.8 Å². The summed E-state index contributed by atoms with van der Waals surface area (Å²) in [5.74, 6) is 1.30. The van der Waals surface area contributed by atoms with E-state index in [0.29, 0.717) is 42.9 Å². The van der Waals surface area contributed by atoms with Gasteiger partial charge in [0.1, 0.15) is 11.7 Å². The van der Waals surface area contributed by atoms with Crippen molar-refractivity contribution in [3.05, 3.63) is 35.0 Å². The molecule has 0 aliphatic carbocycles. The molecule has 3 fully saturated rings. The number of hydrogen-bond acceptors (Lipinski definition) is 5. The number of carbonyl (C=O) groups is 2. The minimum atomic E-state index is -0.592. The van der Waals surface area contributed by atoms with Gasteiger partial charge in [-0.2, -0.15) is 0 Å². The Kier molecular flexibility index (Phi) is 7.86. The number of piperidine rings is 2. The van der Waals surface area contributed by atoms with E-state index in [0.717, 1.165) is 42.8 Å². The molecule has 3 aliphatic rings. The van der Waals surface area contributed by atoms with E-state index in [1.54, 1.807) is 11.1 Å². The number of rotatable bonds is 5. The monoisotopic (exact) mass is 515 g/mol. The molecule has 1 aromatic carbocycles. The first kappa shape index (κ1) is 25.5. The van der Waals surface area contributed by atoms with Gasteiger partial charge in [0, 0.05) is 42.1 Å². The Balaban J connectivity index is 1.29. The number of benzene rings is 1. The van der Waals surface area contributed by atoms with Crippen LogP contribution in [0.4, 0.5) is 0 Å². The first-order chi connectivity index (χ1) is 17.4. The van der Waals surface area contributed by atoms with Crippen molar-refractivity contribution in [2.45, 2.75) is 38.6 Å². The molecule has 0 saturated carbocycles. The Morgan fingerprint density at radius 2 is 1.64 bits per heavy atom. The summed E-state index contributed by atoms with van der Waals surface area (Å²) in [6.07, 6.45) is 4.64. The van der Waals surface area contributed by atoms with Gasteiger partial charge in [-0.25, -0.2) is 5.01 Å². The second-order valence-electron chi connectivity index (χ2n) is 10.6. The Morgan fingerprint density at radius 3 is 2.31 bits per heavy atom. The molecule has 2 aromatic rings. The van der Waals surface area contributed by atoms with E-state index in [1.165, 1.54) is 25.9 Å². The van der Waals surface area contributed by atoms with Gasteiger partial charge in [0.2, 0.25) is 5.91 Å². The Hall–Kier alpha value is -2.13. The summed E-state index contributed by atoms with van der Waals surface area (Å²) in [7, 11) is 2.20. The lowest BCUT2D eigenvalue weighted by molar-refractivity contribution is -0.147. The van der Waals surface area contributed by atoms with Crippen LogP contribution in [0.2, 0.25) is 5.02 Å². The van der Waals surface area contributed by atoms with Gasteiger partial charge in [0.15, 0.2) is 0 Å². The fourth-order valence-electron chi connectivity index (χ4n) is 6.12. The number of aromatic nitrogens is 1. The summed E-state index contributed by atoms with van der Waals surface area (Å²) < 4.78 is 5.53. The number of carbonyl (C=O) groups excluding carboxylic acids is 2. The lowest BCUT2D eigenvalue weighted by Crippen LogP contribution is -2.60. The Bertz CT molecular complexity index is 1070. The molecule has 0 unspecified atom stereocenters. The number of hydrogen-bond donors (Lipinski definition) is 1. The standard InChI is InChI=1S/C27H38ClN5O3/c1-19(26(34)31-11-7-21(8-12-31)20-5-9-30(2)10-6-20)33(32-13-15-36-16-14-32)27(35)25-18-22-17-23(28)3-4-24(22)29-25/h3-4,17-21,29H,5-16H2,1-2H3/t19-/m1/s1. The lowest BCUT2D eigenvalue weighted by Gasteiger charge is -2.43. The molecule has 36 heavy (non-hydrogen) atoms. The summed E-state index contributed by atoms with van der Waals surface area (Å²) in [5.41, 5.74) is 1.30. The molecule has 1 atom stereocenters. The fraction of sp³-hybridized carbons (Fsp3) is 0.630. The predicted octanol–water partition coefficient (Wildman–Crippen LogP) is 3.48. The van der Waals surface area contributed by atoms with Gasteiger partial charge < -0.3 is 19.5 Å². The van der Waals surface area contributed by atoms with Crippen LogP contribution in [0, 0.1) is 11.8 Å². The molecule has 8 nitrogen and oxygen atoms in total. The Labute approximate surface area is 218 Å². The number of nitrogens with one attached hydrogen (secondary N) is 1. The highest BCUT2D eigenvalue weighted by atomic mass is 35.5. The van der Waals surface area contributed by atoms with Crippen LogP contribution in [0.1, 0.15) is 43.1 Å². The molecular weight excluding hydrogens is 478 g/mol. The van der Waals surface area contributed by atoms with Gasteiger partial charge in [0.05, 0.1) is 13.2 Å². The van der Waals surface area contributed by atoms with Crippen molar-refractivity contribution in [3.63, 3.8) is 0 Å².